The second-order valence-corrected chi connectivity index (χ2v) is 8.86. The van der Waals surface area contributed by atoms with Crippen LogP contribution in [-0.2, 0) is 5.21 Å². The van der Waals surface area contributed by atoms with Gasteiger partial charge in [-0.15, -0.1) is 20.5 Å². The fraction of sp³-hybridized carbons (Fsp3) is 0.429. The Balaban J connectivity index is 1.52. The summed E-state index contributed by atoms with van der Waals surface area (Å²) in [6, 6.07) is 4.70. The summed E-state index contributed by atoms with van der Waals surface area (Å²) in [6.07, 6.45) is 2.79. The monoisotopic (exact) mass is 427 g/mol. The van der Waals surface area contributed by atoms with Crippen molar-refractivity contribution in [2.75, 3.05) is 0 Å². The standard InChI is InChI=1S/C21H24FN6O3/c1-20(2)8-16(19(22)21(3,4)28(20)30)31-17-6-5-14(26-27-17)18-15(29)7-12(9-23-18)13-10-24-25-11-13/h5-7,9-11,16,19,29H,8H2,1-4H3,(H,24,25)/t16-,19-/m0/s1. The molecule has 1 aliphatic heterocycles. The number of aromatic nitrogens is 5. The predicted octanol–water partition coefficient (Wildman–Crippen LogP) is 3.33. The maximum absolute atomic E-state index is 15.0. The van der Waals surface area contributed by atoms with Gasteiger partial charge in [-0.05, 0) is 39.8 Å². The predicted molar refractivity (Wildman–Crippen MR) is 109 cm³/mol. The number of rotatable bonds is 4. The van der Waals surface area contributed by atoms with Crippen molar-refractivity contribution >= 4 is 0 Å². The number of nitrogens with zero attached hydrogens (tertiary/aromatic N) is 5. The first-order valence-corrected chi connectivity index (χ1v) is 9.90. The lowest BCUT2D eigenvalue weighted by Crippen LogP contribution is -2.66. The molecular formula is C21H24FN6O3. The molecule has 10 heteroatoms. The Kier molecular flexibility index (Phi) is 5.14. The van der Waals surface area contributed by atoms with E-state index in [1.807, 2.05) is 0 Å². The molecule has 4 rings (SSSR count). The van der Waals surface area contributed by atoms with Crippen molar-refractivity contribution in [3.8, 4) is 34.1 Å². The van der Waals surface area contributed by atoms with Crippen LogP contribution >= 0.6 is 0 Å². The number of hydroxylamine groups is 2. The molecule has 31 heavy (non-hydrogen) atoms. The Morgan fingerprint density at radius 1 is 1.19 bits per heavy atom. The maximum Gasteiger partial charge on any atom is 0.233 e. The van der Waals surface area contributed by atoms with Gasteiger partial charge >= 0.3 is 0 Å². The molecule has 4 heterocycles. The number of ether oxygens (including phenoxy) is 1. The topological polar surface area (TPSA) is 120 Å². The van der Waals surface area contributed by atoms with Gasteiger partial charge < -0.3 is 9.84 Å². The Hall–Kier alpha value is -3.11. The molecule has 2 N–H and O–H groups in total. The van der Waals surface area contributed by atoms with Gasteiger partial charge in [0, 0.05) is 41.5 Å². The van der Waals surface area contributed by atoms with Crippen LogP contribution in [0.1, 0.15) is 34.1 Å². The van der Waals surface area contributed by atoms with E-state index in [1.54, 1.807) is 64.5 Å². The van der Waals surface area contributed by atoms with Gasteiger partial charge in [0.1, 0.15) is 23.2 Å². The molecule has 3 aromatic rings. The minimum atomic E-state index is -1.50. The van der Waals surface area contributed by atoms with Crippen molar-refractivity contribution in [2.45, 2.75) is 57.5 Å². The number of pyridine rings is 1. The molecule has 0 aromatic carbocycles. The third-order valence-corrected chi connectivity index (χ3v) is 5.63. The first kappa shape index (κ1) is 21.1. The van der Waals surface area contributed by atoms with E-state index in [0.717, 1.165) is 10.6 Å². The highest BCUT2D eigenvalue weighted by atomic mass is 19.1. The summed E-state index contributed by atoms with van der Waals surface area (Å²) in [5, 5.41) is 38.3. The Morgan fingerprint density at radius 3 is 2.58 bits per heavy atom. The van der Waals surface area contributed by atoms with Crippen LogP contribution in [0.2, 0.25) is 0 Å². The van der Waals surface area contributed by atoms with Crippen molar-refractivity contribution in [1.82, 2.24) is 30.4 Å². The van der Waals surface area contributed by atoms with E-state index >= 15 is 0 Å². The van der Waals surface area contributed by atoms with E-state index in [4.69, 9.17) is 4.74 Å². The molecule has 0 bridgehead atoms. The molecular weight excluding hydrogens is 403 g/mol. The number of piperidine rings is 1. The minimum Gasteiger partial charge on any atom is -0.506 e. The summed E-state index contributed by atoms with van der Waals surface area (Å²) in [6.45, 7) is 6.66. The molecule has 0 unspecified atom stereocenters. The highest BCUT2D eigenvalue weighted by molar-refractivity contribution is 5.69. The van der Waals surface area contributed by atoms with Gasteiger partial charge in [-0.3, -0.25) is 5.10 Å². The number of aromatic amines is 1. The Morgan fingerprint density at radius 2 is 1.97 bits per heavy atom. The SMILES string of the molecule is CC1(C)C[C@H](Oc2ccc(-c3ncc(-c4cn[nH]c4)cc3O)nn2)[C@H](F)C(C)(C)N1[O]. The summed E-state index contributed by atoms with van der Waals surface area (Å²) in [4.78, 5) is 4.27. The molecule has 3 aromatic heterocycles. The van der Waals surface area contributed by atoms with Gasteiger partial charge in [0.25, 0.3) is 0 Å². The smallest absolute Gasteiger partial charge is 0.233 e. The summed E-state index contributed by atoms with van der Waals surface area (Å²) >= 11 is 0. The van der Waals surface area contributed by atoms with Crippen molar-refractivity contribution in [3.05, 3.63) is 36.8 Å². The van der Waals surface area contributed by atoms with Crippen LogP contribution < -0.4 is 4.74 Å². The number of hydrogen-bond acceptors (Lipinski definition) is 7. The van der Waals surface area contributed by atoms with Crippen LogP contribution in [-0.4, -0.2) is 58.9 Å². The molecule has 163 valence electrons. The zero-order chi connectivity index (χ0) is 22.4. The van der Waals surface area contributed by atoms with Crippen molar-refractivity contribution in [2.24, 2.45) is 0 Å². The zero-order valence-corrected chi connectivity index (χ0v) is 17.7. The van der Waals surface area contributed by atoms with Gasteiger partial charge in [-0.25, -0.2) is 9.37 Å². The number of nitrogens with one attached hydrogen (secondary N) is 1. The van der Waals surface area contributed by atoms with Gasteiger partial charge in [-0.1, -0.05) is 0 Å². The summed E-state index contributed by atoms with van der Waals surface area (Å²) in [5.41, 5.74) is 0.0850. The lowest BCUT2D eigenvalue weighted by molar-refractivity contribution is -0.314. The summed E-state index contributed by atoms with van der Waals surface area (Å²) < 4.78 is 20.8. The van der Waals surface area contributed by atoms with Gasteiger partial charge in [0.15, 0.2) is 6.17 Å². The number of halogens is 1. The van der Waals surface area contributed by atoms with Crippen molar-refractivity contribution in [1.29, 1.82) is 0 Å². The number of H-pyrrole nitrogens is 1. The van der Waals surface area contributed by atoms with Gasteiger partial charge in [0.2, 0.25) is 5.88 Å². The number of alkyl halides is 1. The molecule has 9 nitrogen and oxygen atoms in total. The first-order chi connectivity index (χ1) is 14.6. The van der Waals surface area contributed by atoms with E-state index in [-0.39, 0.29) is 23.7 Å². The Labute approximate surface area is 178 Å². The quantitative estimate of drug-likeness (QED) is 0.655. The largest absolute Gasteiger partial charge is 0.506 e. The highest BCUT2D eigenvalue weighted by Gasteiger charge is 2.54. The average molecular weight is 427 g/mol. The van der Waals surface area contributed by atoms with Crippen molar-refractivity contribution in [3.63, 3.8) is 0 Å². The average Bonchev–Trinajstić information content (AvgIpc) is 3.26. The first-order valence-electron chi connectivity index (χ1n) is 9.90. The summed E-state index contributed by atoms with van der Waals surface area (Å²) in [5.74, 6) is 0.0775. The minimum absolute atomic E-state index is 0.0585. The van der Waals surface area contributed by atoms with Gasteiger partial charge in [-0.2, -0.15) is 5.10 Å². The fourth-order valence-corrected chi connectivity index (χ4v) is 4.01. The molecule has 0 aliphatic carbocycles. The third-order valence-electron chi connectivity index (χ3n) is 5.63. The second kappa shape index (κ2) is 7.54. The van der Waals surface area contributed by atoms with Gasteiger partial charge in [0.05, 0.1) is 11.7 Å². The Bertz CT molecular complexity index is 1060. The van der Waals surface area contributed by atoms with Crippen LogP contribution in [0.5, 0.6) is 11.6 Å². The molecule has 1 aliphatic rings. The van der Waals surface area contributed by atoms with E-state index < -0.39 is 23.4 Å². The van der Waals surface area contributed by atoms with E-state index in [0.29, 0.717) is 11.3 Å². The second-order valence-electron chi connectivity index (χ2n) is 8.86. The molecule has 0 amide bonds. The molecule has 0 saturated carbocycles. The van der Waals surface area contributed by atoms with Crippen LogP contribution in [0.25, 0.3) is 22.5 Å². The molecule has 1 radical (unpaired) electrons. The lowest BCUT2D eigenvalue weighted by Gasteiger charge is -2.51. The van der Waals surface area contributed by atoms with E-state index in [9.17, 15) is 14.7 Å². The third kappa shape index (κ3) is 3.84. The lowest BCUT2D eigenvalue weighted by atomic mass is 9.79. The number of aromatic hydroxyl groups is 1. The normalized spacial score (nSPS) is 22.9. The fourth-order valence-electron chi connectivity index (χ4n) is 4.01. The maximum atomic E-state index is 15.0. The highest BCUT2D eigenvalue weighted by Crippen LogP contribution is 2.40. The van der Waals surface area contributed by atoms with Crippen LogP contribution in [0, 0.1) is 0 Å². The molecule has 1 fully saturated rings. The van der Waals surface area contributed by atoms with Crippen LogP contribution in [0.4, 0.5) is 4.39 Å². The number of hydrogen-bond donors (Lipinski definition) is 2. The zero-order valence-electron chi connectivity index (χ0n) is 17.7. The molecule has 2 atom stereocenters. The van der Waals surface area contributed by atoms with Crippen molar-refractivity contribution < 1.29 is 19.4 Å². The van der Waals surface area contributed by atoms with E-state index in [2.05, 4.69) is 25.4 Å². The van der Waals surface area contributed by atoms with Crippen LogP contribution in [0.3, 0.4) is 0 Å². The molecule has 1 saturated heterocycles. The summed E-state index contributed by atoms with van der Waals surface area (Å²) in [7, 11) is 0. The molecule has 0 spiro atoms. The van der Waals surface area contributed by atoms with Crippen LogP contribution in [0.15, 0.2) is 36.8 Å². The van der Waals surface area contributed by atoms with E-state index in [1.165, 1.54) is 0 Å².